The van der Waals surface area contributed by atoms with E-state index in [9.17, 15) is 13.5 Å². The van der Waals surface area contributed by atoms with Gasteiger partial charge in [-0.05, 0) is 36.8 Å². The number of halogens is 1. The molecule has 0 amide bonds. The van der Waals surface area contributed by atoms with Crippen molar-refractivity contribution in [2.75, 3.05) is 13.2 Å². The van der Waals surface area contributed by atoms with Crippen molar-refractivity contribution < 1.29 is 13.5 Å². The van der Waals surface area contributed by atoms with E-state index in [1.165, 1.54) is 0 Å². The van der Waals surface area contributed by atoms with Crippen LogP contribution < -0.4 is 5.73 Å². The number of hydrogen-bond acceptors (Lipinski definition) is 4. The zero-order valence-electron chi connectivity index (χ0n) is 13.3. The van der Waals surface area contributed by atoms with E-state index in [4.69, 9.17) is 17.3 Å². The van der Waals surface area contributed by atoms with Crippen LogP contribution in [0.15, 0.2) is 53.4 Å². The fourth-order valence-corrected chi connectivity index (χ4v) is 6.07. The van der Waals surface area contributed by atoms with Crippen LogP contribution >= 0.6 is 11.6 Å². The number of benzene rings is 2. The van der Waals surface area contributed by atoms with Crippen molar-refractivity contribution in [2.24, 2.45) is 11.1 Å². The van der Waals surface area contributed by atoms with Gasteiger partial charge in [0.2, 0.25) is 0 Å². The number of hydrogen-bond donors (Lipinski definition) is 2. The molecule has 0 radical (unpaired) electrons. The lowest BCUT2D eigenvalue weighted by Crippen LogP contribution is -2.27. The van der Waals surface area contributed by atoms with Gasteiger partial charge in [0.15, 0.2) is 9.84 Å². The summed E-state index contributed by atoms with van der Waals surface area (Å²) in [6.45, 7) is 1.74. The van der Waals surface area contributed by atoms with Gasteiger partial charge >= 0.3 is 0 Å². The molecule has 128 valence electrons. The van der Waals surface area contributed by atoms with Crippen LogP contribution in [0.2, 0.25) is 5.02 Å². The first-order valence-electron chi connectivity index (χ1n) is 7.74. The molecule has 3 atom stereocenters. The summed E-state index contributed by atoms with van der Waals surface area (Å²) < 4.78 is 26.2. The average Bonchev–Trinajstić information content (AvgIpc) is 3.26. The van der Waals surface area contributed by atoms with Crippen LogP contribution in [0.5, 0.6) is 0 Å². The van der Waals surface area contributed by atoms with Crippen LogP contribution in [-0.4, -0.2) is 31.9 Å². The van der Waals surface area contributed by atoms with E-state index in [-0.39, 0.29) is 24.0 Å². The molecule has 6 heteroatoms. The first-order chi connectivity index (χ1) is 11.4. The molecule has 0 heterocycles. The maximum atomic E-state index is 13.1. The SMILES string of the molecule is Cc1ccc(S(=O)(=O)[C@@H]2[C@H](c3ccc(Cl)cc3)[C@]2(CN)CO)cc1. The molecular weight excluding hydrogens is 346 g/mol. The van der Waals surface area contributed by atoms with Crippen molar-refractivity contribution in [3.05, 3.63) is 64.7 Å². The molecule has 4 nitrogen and oxygen atoms in total. The predicted octanol–water partition coefficient (Wildman–Crippen LogP) is 2.53. The third kappa shape index (κ3) is 2.65. The average molecular weight is 366 g/mol. The van der Waals surface area contributed by atoms with Gasteiger partial charge in [-0.15, -0.1) is 0 Å². The van der Waals surface area contributed by atoms with Gasteiger partial charge in [-0.25, -0.2) is 8.42 Å². The Morgan fingerprint density at radius 1 is 1.12 bits per heavy atom. The molecule has 3 N–H and O–H groups in total. The Labute approximate surface area is 147 Å². The number of rotatable bonds is 5. The van der Waals surface area contributed by atoms with Crippen LogP contribution in [0.1, 0.15) is 17.0 Å². The molecule has 1 aliphatic carbocycles. The Kier molecular flexibility index (Phi) is 4.47. The lowest BCUT2D eigenvalue weighted by molar-refractivity contribution is 0.212. The molecule has 2 aromatic rings. The van der Waals surface area contributed by atoms with E-state index >= 15 is 0 Å². The van der Waals surface area contributed by atoms with Gasteiger partial charge in [0, 0.05) is 22.9 Å². The largest absolute Gasteiger partial charge is 0.396 e. The zero-order valence-corrected chi connectivity index (χ0v) is 14.9. The minimum atomic E-state index is -3.59. The standard InChI is InChI=1S/C18H20ClNO3S/c1-12-2-8-15(9-3-12)24(22,23)17-16(18(17,10-20)11-21)13-4-6-14(19)7-5-13/h2-9,16-17,21H,10-11,20H2,1H3/t16-,17+,18-/m0/s1. The van der Waals surface area contributed by atoms with Crippen LogP contribution in [0, 0.1) is 12.3 Å². The molecule has 3 rings (SSSR count). The first-order valence-corrected chi connectivity index (χ1v) is 9.66. The van der Waals surface area contributed by atoms with Crippen LogP contribution in [-0.2, 0) is 9.84 Å². The van der Waals surface area contributed by atoms with Crippen molar-refractivity contribution in [2.45, 2.75) is 23.0 Å². The van der Waals surface area contributed by atoms with Gasteiger partial charge < -0.3 is 10.8 Å². The van der Waals surface area contributed by atoms with E-state index < -0.39 is 20.5 Å². The summed E-state index contributed by atoms with van der Waals surface area (Å²) in [6, 6.07) is 13.8. The topological polar surface area (TPSA) is 80.4 Å². The van der Waals surface area contributed by atoms with E-state index in [0.29, 0.717) is 5.02 Å². The van der Waals surface area contributed by atoms with Gasteiger partial charge in [0.05, 0.1) is 16.8 Å². The van der Waals surface area contributed by atoms with Gasteiger partial charge in [-0.1, -0.05) is 41.4 Å². The van der Waals surface area contributed by atoms with Gasteiger partial charge in [0.25, 0.3) is 0 Å². The summed E-state index contributed by atoms with van der Waals surface area (Å²) in [7, 11) is -3.59. The molecule has 1 fully saturated rings. The second-order valence-electron chi connectivity index (χ2n) is 6.40. The second kappa shape index (κ2) is 6.15. The third-order valence-electron chi connectivity index (χ3n) is 4.97. The number of nitrogens with two attached hydrogens (primary N) is 1. The maximum absolute atomic E-state index is 13.1. The molecule has 2 aromatic carbocycles. The zero-order chi connectivity index (χ0) is 17.5. The summed E-state index contributed by atoms with van der Waals surface area (Å²) in [4.78, 5) is 0.265. The van der Waals surface area contributed by atoms with Crippen molar-refractivity contribution in [1.29, 1.82) is 0 Å². The van der Waals surface area contributed by atoms with Crippen molar-refractivity contribution in [3.8, 4) is 0 Å². The van der Waals surface area contributed by atoms with Crippen molar-refractivity contribution >= 4 is 21.4 Å². The number of aliphatic hydroxyl groups is 1. The number of sulfone groups is 1. The Morgan fingerprint density at radius 3 is 2.21 bits per heavy atom. The highest BCUT2D eigenvalue weighted by Crippen LogP contribution is 2.63. The van der Waals surface area contributed by atoms with E-state index in [0.717, 1.165) is 11.1 Å². The number of aliphatic hydroxyl groups excluding tert-OH is 1. The fraction of sp³-hybridized carbons (Fsp3) is 0.333. The predicted molar refractivity (Wildman–Crippen MR) is 94.9 cm³/mol. The Bertz CT molecular complexity index is 828. The fourth-order valence-electron chi connectivity index (χ4n) is 3.49. The lowest BCUT2D eigenvalue weighted by atomic mass is 10.0. The summed E-state index contributed by atoms with van der Waals surface area (Å²) in [5.41, 5.74) is 6.85. The molecule has 0 aliphatic heterocycles. The maximum Gasteiger partial charge on any atom is 0.182 e. The Hall–Kier alpha value is -1.40. The van der Waals surface area contributed by atoms with E-state index in [2.05, 4.69) is 0 Å². The third-order valence-corrected chi connectivity index (χ3v) is 7.56. The lowest BCUT2D eigenvalue weighted by Gasteiger charge is -2.12. The molecule has 1 aliphatic rings. The minimum Gasteiger partial charge on any atom is -0.396 e. The molecule has 0 bridgehead atoms. The molecule has 0 unspecified atom stereocenters. The van der Waals surface area contributed by atoms with Gasteiger partial charge in [-0.2, -0.15) is 0 Å². The van der Waals surface area contributed by atoms with Gasteiger partial charge in [0.1, 0.15) is 0 Å². The smallest absolute Gasteiger partial charge is 0.182 e. The summed E-state index contributed by atoms with van der Waals surface area (Å²) in [6.07, 6.45) is 0. The molecule has 0 saturated heterocycles. The highest BCUT2D eigenvalue weighted by Gasteiger charge is 2.70. The highest BCUT2D eigenvalue weighted by atomic mass is 35.5. The normalized spacial score (nSPS) is 26.3. The Balaban J connectivity index is 2.04. The molecule has 1 saturated carbocycles. The van der Waals surface area contributed by atoms with Crippen molar-refractivity contribution in [3.63, 3.8) is 0 Å². The van der Waals surface area contributed by atoms with E-state index in [1.807, 2.05) is 6.92 Å². The molecular formula is C18H20ClNO3S. The van der Waals surface area contributed by atoms with Crippen LogP contribution in [0.3, 0.4) is 0 Å². The molecule has 0 spiro atoms. The Morgan fingerprint density at radius 2 is 1.71 bits per heavy atom. The van der Waals surface area contributed by atoms with Gasteiger partial charge in [-0.3, -0.25) is 0 Å². The van der Waals surface area contributed by atoms with Crippen LogP contribution in [0.25, 0.3) is 0 Å². The number of aryl methyl sites for hydroxylation is 1. The quantitative estimate of drug-likeness (QED) is 0.853. The van der Waals surface area contributed by atoms with Crippen LogP contribution in [0.4, 0.5) is 0 Å². The summed E-state index contributed by atoms with van der Waals surface area (Å²) >= 11 is 5.92. The monoisotopic (exact) mass is 365 g/mol. The molecule has 24 heavy (non-hydrogen) atoms. The summed E-state index contributed by atoms with van der Waals surface area (Å²) in [5.74, 6) is -0.337. The second-order valence-corrected chi connectivity index (χ2v) is 8.91. The molecule has 0 aromatic heterocycles. The van der Waals surface area contributed by atoms with E-state index in [1.54, 1.807) is 48.5 Å². The summed E-state index contributed by atoms with van der Waals surface area (Å²) in [5, 5.41) is 9.75. The highest BCUT2D eigenvalue weighted by molar-refractivity contribution is 7.92. The minimum absolute atomic E-state index is 0.104. The van der Waals surface area contributed by atoms with Crippen molar-refractivity contribution in [1.82, 2.24) is 0 Å². The first kappa shape index (κ1) is 17.4.